The molecule has 1 aromatic heterocycles. The molecule has 0 aliphatic rings. The Hall–Kier alpha value is -3.15. The molecular weight excluding hydrogens is 490 g/mol. The normalized spacial score (nSPS) is 11.1. The standard InChI is InChI=1S/C25H30ClN3O7/c26-22-14-23-20(21(15-29-23)25(31)32)13-19(22)17-1-3-18(4-2-17)36-8-6-28-24(30)16-35-12-11-34-10-9-33-7-5-27/h1-4,13-15,29H,5-12,16,27H2,(H,28,30)(H,31,32). The largest absolute Gasteiger partial charge is 0.492 e. The van der Waals surface area contributed by atoms with E-state index < -0.39 is 5.97 Å². The molecule has 36 heavy (non-hydrogen) atoms. The molecule has 2 aromatic carbocycles. The third-order valence-electron chi connectivity index (χ3n) is 5.10. The second kappa shape index (κ2) is 14.4. The summed E-state index contributed by atoms with van der Waals surface area (Å²) in [6.45, 7) is 3.16. The lowest BCUT2D eigenvalue weighted by molar-refractivity contribution is -0.126. The molecule has 5 N–H and O–H groups in total. The van der Waals surface area contributed by atoms with E-state index in [0.717, 1.165) is 11.1 Å². The van der Waals surface area contributed by atoms with Crippen molar-refractivity contribution in [1.29, 1.82) is 0 Å². The van der Waals surface area contributed by atoms with E-state index in [1.165, 1.54) is 6.20 Å². The van der Waals surface area contributed by atoms with E-state index >= 15 is 0 Å². The van der Waals surface area contributed by atoms with Crippen LogP contribution in [0.5, 0.6) is 5.75 Å². The summed E-state index contributed by atoms with van der Waals surface area (Å²) < 4.78 is 21.4. The molecule has 0 bridgehead atoms. The first-order valence-electron chi connectivity index (χ1n) is 11.5. The lowest BCUT2D eigenvalue weighted by Crippen LogP contribution is -2.31. The number of benzene rings is 2. The maximum absolute atomic E-state index is 11.8. The number of aromatic carboxylic acids is 1. The van der Waals surface area contributed by atoms with Gasteiger partial charge in [-0.1, -0.05) is 23.7 Å². The molecule has 0 saturated heterocycles. The summed E-state index contributed by atoms with van der Waals surface area (Å²) in [4.78, 5) is 26.2. The number of carbonyl (C=O) groups excluding carboxylic acids is 1. The van der Waals surface area contributed by atoms with E-state index in [1.807, 2.05) is 12.1 Å². The van der Waals surface area contributed by atoms with E-state index in [1.54, 1.807) is 24.3 Å². The molecule has 0 saturated carbocycles. The van der Waals surface area contributed by atoms with Gasteiger partial charge in [-0.2, -0.15) is 0 Å². The number of carbonyl (C=O) groups is 2. The third-order valence-corrected chi connectivity index (χ3v) is 5.41. The number of carboxylic acids is 1. The predicted molar refractivity (Wildman–Crippen MR) is 136 cm³/mol. The zero-order valence-corrected chi connectivity index (χ0v) is 20.5. The zero-order valence-electron chi connectivity index (χ0n) is 19.8. The third kappa shape index (κ3) is 8.21. The first-order valence-corrected chi connectivity index (χ1v) is 11.8. The molecule has 1 heterocycles. The predicted octanol–water partition coefficient (Wildman–Crippen LogP) is 2.69. The Bertz CT molecular complexity index is 1130. The maximum atomic E-state index is 11.8. The molecule has 3 rings (SSSR count). The Morgan fingerprint density at radius 3 is 2.36 bits per heavy atom. The molecule has 0 unspecified atom stereocenters. The molecule has 11 heteroatoms. The molecule has 0 fully saturated rings. The molecule has 10 nitrogen and oxygen atoms in total. The SMILES string of the molecule is NCCOCCOCCOCC(=O)NCCOc1ccc(-c2cc3c(C(=O)O)c[nH]c3cc2Cl)cc1. The molecular formula is C25H30ClN3O7. The van der Waals surface area contributed by atoms with Crippen molar-refractivity contribution in [3.8, 4) is 16.9 Å². The molecule has 0 spiro atoms. The van der Waals surface area contributed by atoms with Gasteiger partial charge in [0.25, 0.3) is 0 Å². The van der Waals surface area contributed by atoms with Crippen molar-refractivity contribution in [1.82, 2.24) is 10.3 Å². The van der Waals surface area contributed by atoms with E-state index in [9.17, 15) is 14.7 Å². The Labute approximate surface area is 213 Å². The number of aromatic nitrogens is 1. The van der Waals surface area contributed by atoms with Crippen molar-refractivity contribution >= 4 is 34.4 Å². The number of amides is 1. The fourth-order valence-corrected chi connectivity index (χ4v) is 3.64. The minimum Gasteiger partial charge on any atom is -0.492 e. The van der Waals surface area contributed by atoms with Crippen molar-refractivity contribution in [2.75, 3.05) is 59.3 Å². The van der Waals surface area contributed by atoms with Crippen LogP contribution < -0.4 is 15.8 Å². The highest BCUT2D eigenvalue weighted by Gasteiger charge is 2.14. The number of fused-ring (bicyclic) bond motifs is 1. The van der Waals surface area contributed by atoms with Crippen LogP contribution in [0.15, 0.2) is 42.6 Å². The number of carboxylic acid groups (broad SMARTS) is 1. The average Bonchev–Trinajstić information content (AvgIpc) is 3.28. The van der Waals surface area contributed by atoms with Crippen LogP contribution in [-0.2, 0) is 19.0 Å². The second-order valence-electron chi connectivity index (χ2n) is 7.67. The van der Waals surface area contributed by atoms with Gasteiger partial charge in [0.05, 0.1) is 50.2 Å². The topological polar surface area (TPSA) is 145 Å². The Morgan fingerprint density at radius 2 is 1.67 bits per heavy atom. The molecule has 194 valence electrons. The number of ether oxygens (including phenoxy) is 4. The number of nitrogens with one attached hydrogen (secondary N) is 2. The maximum Gasteiger partial charge on any atom is 0.337 e. The highest BCUT2D eigenvalue weighted by Crippen LogP contribution is 2.34. The number of nitrogens with two attached hydrogens (primary N) is 1. The average molecular weight is 520 g/mol. The first kappa shape index (κ1) is 27.4. The van der Waals surface area contributed by atoms with Crippen molar-refractivity contribution in [2.45, 2.75) is 0 Å². The van der Waals surface area contributed by atoms with Gasteiger partial charge < -0.3 is 40.1 Å². The van der Waals surface area contributed by atoms with Gasteiger partial charge >= 0.3 is 5.97 Å². The highest BCUT2D eigenvalue weighted by molar-refractivity contribution is 6.34. The van der Waals surface area contributed by atoms with Crippen LogP contribution in [0, 0.1) is 0 Å². The molecule has 0 radical (unpaired) electrons. The van der Waals surface area contributed by atoms with Gasteiger partial charge in [-0.25, -0.2) is 4.79 Å². The minimum atomic E-state index is -1.01. The number of aromatic amines is 1. The highest BCUT2D eigenvalue weighted by atomic mass is 35.5. The number of hydrogen-bond acceptors (Lipinski definition) is 7. The monoisotopic (exact) mass is 519 g/mol. The van der Waals surface area contributed by atoms with Crippen LogP contribution in [0.4, 0.5) is 0 Å². The lowest BCUT2D eigenvalue weighted by atomic mass is 10.0. The van der Waals surface area contributed by atoms with Crippen LogP contribution in [-0.4, -0.2) is 81.3 Å². The molecule has 3 aromatic rings. The van der Waals surface area contributed by atoms with Crippen molar-refractivity contribution in [3.05, 3.63) is 53.2 Å². The van der Waals surface area contributed by atoms with Crippen LogP contribution in [0.3, 0.4) is 0 Å². The van der Waals surface area contributed by atoms with Gasteiger partial charge in [0, 0.05) is 29.2 Å². The number of H-pyrrole nitrogens is 1. The fourth-order valence-electron chi connectivity index (χ4n) is 3.37. The van der Waals surface area contributed by atoms with Crippen LogP contribution >= 0.6 is 11.6 Å². The Morgan fingerprint density at radius 1 is 0.972 bits per heavy atom. The molecule has 0 aliphatic heterocycles. The van der Waals surface area contributed by atoms with Crippen molar-refractivity contribution in [2.24, 2.45) is 5.73 Å². The fraction of sp³-hybridized carbons (Fsp3) is 0.360. The van der Waals surface area contributed by atoms with E-state index in [2.05, 4.69) is 10.3 Å². The van der Waals surface area contributed by atoms with Gasteiger partial charge in [-0.15, -0.1) is 0 Å². The first-order chi connectivity index (χ1) is 17.5. The zero-order chi connectivity index (χ0) is 25.8. The number of halogens is 1. The van der Waals surface area contributed by atoms with Gasteiger partial charge in [-0.05, 0) is 29.8 Å². The molecule has 0 atom stereocenters. The Balaban J connectivity index is 1.36. The smallest absolute Gasteiger partial charge is 0.337 e. The molecule has 0 aliphatic carbocycles. The van der Waals surface area contributed by atoms with Crippen LogP contribution in [0.25, 0.3) is 22.0 Å². The summed E-state index contributed by atoms with van der Waals surface area (Å²) in [6.07, 6.45) is 1.45. The van der Waals surface area contributed by atoms with Crippen molar-refractivity contribution in [3.63, 3.8) is 0 Å². The van der Waals surface area contributed by atoms with Gasteiger partial charge in [0.15, 0.2) is 0 Å². The summed E-state index contributed by atoms with van der Waals surface area (Å²) in [5.74, 6) is -0.621. The molecule has 1 amide bonds. The number of rotatable bonds is 16. The summed E-state index contributed by atoms with van der Waals surface area (Å²) >= 11 is 6.42. The van der Waals surface area contributed by atoms with Crippen molar-refractivity contribution < 1.29 is 33.6 Å². The van der Waals surface area contributed by atoms with Gasteiger partial charge in [0.2, 0.25) is 5.91 Å². The summed E-state index contributed by atoms with van der Waals surface area (Å²) in [5, 5.41) is 13.2. The van der Waals surface area contributed by atoms with E-state index in [-0.39, 0.29) is 24.7 Å². The van der Waals surface area contributed by atoms with Gasteiger partial charge in [0.1, 0.15) is 19.0 Å². The lowest BCUT2D eigenvalue weighted by Gasteiger charge is -2.10. The van der Waals surface area contributed by atoms with E-state index in [0.29, 0.717) is 67.8 Å². The second-order valence-corrected chi connectivity index (χ2v) is 8.08. The summed E-state index contributed by atoms with van der Waals surface area (Å²) in [7, 11) is 0. The van der Waals surface area contributed by atoms with Gasteiger partial charge in [-0.3, -0.25) is 4.79 Å². The summed E-state index contributed by atoms with van der Waals surface area (Å²) in [6, 6.07) is 10.7. The van der Waals surface area contributed by atoms with Crippen LogP contribution in [0.2, 0.25) is 5.02 Å². The van der Waals surface area contributed by atoms with E-state index in [4.69, 9.17) is 36.3 Å². The summed E-state index contributed by atoms with van der Waals surface area (Å²) in [5.41, 5.74) is 7.70. The Kier molecular flexibility index (Phi) is 11.0. The minimum absolute atomic E-state index is 0.0580. The van der Waals surface area contributed by atoms with Crippen LogP contribution in [0.1, 0.15) is 10.4 Å². The number of hydrogen-bond donors (Lipinski definition) is 4. The quantitative estimate of drug-likeness (QED) is 0.211.